The van der Waals surface area contributed by atoms with Crippen LogP contribution in [0.25, 0.3) is 0 Å². The van der Waals surface area contributed by atoms with Crippen molar-refractivity contribution in [3.05, 3.63) is 0 Å². The van der Waals surface area contributed by atoms with Gasteiger partial charge in [-0.05, 0) is 12.8 Å². The van der Waals surface area contributed by atoms with Crippen LogP contribution in [0.4, 0.5) is 11.9 Å². The van der Waals surface area contributed by atoms with Crippen LogP contribution in [0.5, 0.6) is 6.01 Å². The van der Waals surface area contributed by atoms with Gasteiger partial charge in [0.15, 0.2) is 0 Å². The average Bonchev–Trinajstić information content (AvgIpc) is 2.24. The second-order valence-electron chi connectivity index (χ2n) is 4.00. The van der Waals surface area contributed by atoms with Gasteiger partial charge >= 0.3 is 6.01 Å². The number of hydrogen-bond donors (Lipinski definition) is 3. The van der Waals surface area contributed by atoms with E-state index in [4.69, 9.17) is 16.2 Å². The van der Waals surface area contributed by atoms with E-state index < -0.39 is 11.9 Å². The highest BCUT2D eigenvalue weighted by molar-refractivity contribution is 5.82. The summed E-state index contributed by atoms with van der Waals surface area (Å²) < 4.78 is 5.13. The summed E-state index contributed by atoms with van der Waals surface area (Å²) in [4.78, 5) is 22.9. The maximum Gasteiger partial charge on any atom is 0.323 e. The molecule has 100 valence electrons. The van der Waals surface area contributed by atoms with E-state index in [9.17, 15) is 4.79 Å². The number of primary amides is 1. The van der Waals surface area contributed by atoms with Crippen LogP contribution in [0, 0.1) is 5.92 Å². The lowest BCUT2D eigenvalue weighted by molar-refractivity contribution is -0.119. The normalized spacial score (nSPS) is 12.2. The van der Waals surface area contributed by atoms with Crippen LogP contribution in [-0.4, -0.2) is 33.5 Å². The molecule has 1 aromatic heterocycles. The van der Waals surface area contributed by atoms with E-state index in [1.54, 1.807) is 6.92 Å². The Morgan fingerprint density at radius 2 is 2.06 bits per heavy atom. The van der Waals surface area contributed by atoms with Crippen molar-refractivity contribution in [3.63, 3.8) is 0 Å². The third kappa shape index (κ3) is 3.72. The van der Waals surface area contributed by atoms with Gasteiger partial charge in [-0.3, -0.25) is 4.79 Å². The third-order valence-electron chi connectivity index (χ3n) is 2.16. The molecule has 0 radical (unpaired) electrons. The van der Waals surface area contributed by atoms with Gasteiger partial charge in [0.1, 0.15) is 6.04 Å². The number of nitrogens with zero attached hydrogens (tertiary/aromatic N) is 3. The van der Waals surface area contributed by atoms with Crippen LogP contribution in [0.15, 0.2) is 0 Å². The summed E-state index contributed by atoms with van der Waals surface area (Å²) in [5, 5.41) is 2.82. The number of anilines is 2. The molecule has 8 nitrogen and oxygen atoms in total. The Morgan fingerprint density at radius 1 is 1.39 bits per heavy atom. The zero-order chi connectivity index (χ0) is 13.7. The molecule has 5 N–H and O–H groups in total. The van der Waals surface area contributed by atoms with Gasteiger partial charge in [0, 0.05) is 0 Å². The molecular weight excluding hydrogens is 236 g/mol. The number of nitrogens with two attached hydrogens (primary N) is 2. The number of aromatic nitrogens is 3. The molecule has 1 unspecified atom stereocenters. The molecule has 0 bridgehead atoms. The van der Waals surface area contributed by atoms with Crippen molar-refractivity contribution in [1.82, 2.24) is 15.0 Å². The van der Waals surface area contributed by atoms with Gasteiger partial charge in [-0.2, -0.15) is 15.0 Å². The summed E-state index contributed by atoms with van der Waals surface area (Å²) in [6.45, 7) is 5.92. The Morgan fingerprint density at radius 3 is 2.56 bits per heavy atom. The first-order valence-corrected chi connectivity index (χ1v) is 5.64. The predicted molar refractivity (Wildman–Crippen MR) is 66.9 cm³/mol. The molecule has 1 atom stereocenters. The molecule has 1 rings (SSSR count). The smallest absolute Gasteiger partial charge is 0.323 e. The molecule has 0 aromatic carbocycles. The quantitative estimate of drug-likeness (QED) is 0.639. The molecule has 0 aliphatic rings. The van der Waals surface area contributed by atoms with Crippen LogP contribution in [0.2, 0.25) is 0 Å². The molecule has 1 amide bonds. The van der Waals surface area contributed by atoms with Crippen molar-refractivity contribution >= 4 is 17.8 Å². The Kier molecular flexibility index (Phi) is 4.64. The summed E-state index contributed by atoms with van der Waals surface area (Å²) in [6.07, 6.45) is 0. The van der Waals surface area contributed by atoms with E-state index in [0.717, 1.165) is 0 Å². The average molecular weight is 254 g/mol. The highest BCUT2D eigenvalue weighted by atomic mass is 16.5. The number of nitrogens with one attached hydrogen (secondary N) is 1. The Balaban J connectivity index is 2.91. The second-order valence-corrected chi connectivity index (χ2v) is 4.00. The molecule has 1 heterocycles. The number of nitrogen functional groups attached to an aromatic ring is 1. The summed E-state index contributed by atoms with van der Waals surface area (Å²) in [5.41, 5.74) is 10.8. The molecule has 0 fully saturated rings. The van der Waals surface area contributed by atoms with Gasteiger partial charge in [0.05, 0.1) is 6.61 Å². The van der Waals surface area contributed by atoms with Gasteiger partial charge < -0.3 is 21.5 Å². The summed E-state index contributed by atoms with van der Waals surface area (Å²) >= 11 is 0. The van der Waals surface area contributed by atoms with Crippen molar-refractivity contribution in [2.24, 2.45) is 11.7 Å². The molecule has 0 aliphatic heterocycles. The summed E-state index contributed by atoms with van der Waals surface area (Å²) in [7, 11) is 0. The predicted octanol–water partition coefficient (Wildman–Crippen LogP) is -0.226. The third-order valence-corrected chi connectivity index (χ3v) is 2.16. The standard InChI is InChI=1S/C10H18N6O2/c1-4-18-10-15-8(12)14-9(16-10)13-6(5(2)3)7(11)17/h5-6H,4H2,1-3H3,(H2,11,17)(H3,12,13,14,15,16). The van der Waals surface area contributed by atoms with E-state index in [0.29, 0.717) is 6.61 Å². The van der Waals surface area contributed by atoms with E-state index in [-0.39, 0.29) is 23.8 Å². The van der Waals surface area contributed by atoms with Crippen molar-refractivity contribution in [3.8, 4) is 6.01 Å². The molecule has 1 aromatic rings. The van der Waals surface area contributed by atoms with Crippen LogP contribution in [-0.2, 0) is 4.79 Å². The van der Waals surface area contributed by atoms with Gasteiger partial charge in [0.25, 0.3) is 0 Å². The fourth-order valence-electron chi connectivity index (χ4n) is 1.34. The largest absolute Gasteiger partial charge is 0.464 e. The SMILES string of the molecule is CCOc1nc(N)nc(NC(C(N)=O)C(C)C)n1. The zero-order valence-electron chi connectivity index (χ0n) is 10.7. The number of ether oxygens (including phenoxy) is 1. The lowest BCUT2D eigenvalue weighted by atomic mass is 10.0. The Labute approximate surface area is 105 Å². The molecular formula is C10H18N6O2. The van der Waals surface area contributed by atoms with Crippen LogP contribution >= 0.6 is 0 Å². The van der Waals surface area contributed by atoms with Crippen molar-refractivity contribution < 1.29 is 9.53 Å². The number of amides is 1. The monoisotopic (exact) mass is 254 g/mol. The number of carbonyl (C=O) groups excluding carboxylic acids is 1. The topological polar surface area (TPSA) is 129 Å². The van der Waals surface area contributed by atoms with Gasteiger partial charge in [-0.15, -0.1) is 0 Å². The molecule has 8 heteroatoms. The number of carbonyl (C=O) groups is 1. The number of hydrogen-bond acceptors (Lipinski definition) is 7. The van der Waals surface area contributed by atoms with E-state index in [1.165, 1.54) is 0 Å². The molecule has 0 saturated carbocycles. The zero-order valence-corrected chi connectivity index (χ0v) is 10.7. The van der Waals surface area contributed by atoms with Gasteiger partial charge in [-0.1, -0.05) is 13.8 Å². The van der Waals surface area contributed by atoms with Gasteiger partial charge in [0.2, 0.25) is 17.8 Å². The summed E-state index contributed by atoms with van der Waals surface area (Å²) in [5.74, 6) is -0.302. The number of rotatable bonds is 6. The second kappa shape index (κ2) is 5.99. The lowest BCUT2D eigenvalue weighted by Crippen LogP contribution is -2.40. The minimum absolute atomic E-state index is 0.00367. The Hall–Kier alpha value is -2.12. The van der Waals surface area contributed by atoms with E-state index in [2.05, 4.69) is 20.3 Å². The first-order chi connectivity index (χ1) is 8.43. The van der Waals surface area contributed by atoms with E-state index >= 15 is 0 Å². The van der Waals surface area contributed by atoms with E-state index in [1.807, 2.05) is 13.8 Å². The van der Waals surface area contributed by atoms with Crippen LogP contribution in [0.3, 0.4) is 0 Å². The summed E-state index contributed by atoms with van der Waals surface area (Å²) in [6, 6.07) is -0.472. The van der Waals surface area contributed by atoms with Crippen molar-refractivity contribution in [2.45, 2.75) is 26.8 Å². The minimum Gasteiger partial charge on any atom is -0.464 e. The van der Waals surface area contributed by atoms with Crippen molar-refractivity contribution in [2.75, 3.05) is 17.7 Å². The van der Waals surface area contributed by atoms with Gasteiger partial charge in [-0.25, -0.2) is 0 Å². The lowest BCUT2D eigenvalue weighted by Gasteiger charge is -2.18. The van der Waals surface area contributed by atoms with Crippen molar-refractivity contribution in [1.29, 1.82) is 0 Å². The first-order valence-electron chi connectivity index (χ1n) is 5.64. The maximum atomic E-state index is 11.3. The molecule has 0 spiro atoms. The minimum atomic E-state index is -0.582. The highest BCUT2D eigenvalue weighted by Crippen LogP contribution is 2.12. The highest BCUT2D eigenvalue weighted by Gasteiger charge is 2.20. The molecule has 0 saturated heterocycles. The fraction of sp³-hybridized carbons (Fsp3) is 0.600. The molecule has 0 aliphatic carbocycles. The Bertz CT molecular complexity index is 423. The fourth-order valence-corrected chi connectivity index (χ4v) is 1.34. The molecule has 18 heavy (non-hydrogen) atoms. The first kappa shape index (κ1) is 13.9. The van der Waals surface area contributed by atoms with Crippen LogP contribution < -0.4 is 21.5 Å². The van der Waals surface area contributed by atoms with Crippen LogP contribution in [0.1, 0.15) is 20.8 Å². The maximum absolute atomic E-state index is 11.3.